The maximum absolute atomic E-state index is 11.7. The number of ether oxygens (including phenoxy) is 2. The Morgan fingerprint density at radius 2 is 1.68 bits per heavy atom. The third-order valence-corrected chi connectivity index (χ3v) is 4.02. The molecule has 140 valence electrons. The predicted octanol–water partition coefficient (Wildman–Crippen LogP) is 4.84. The fraction of sp³-hybridized carbons (Fsp3) is 0.619. The van der Waals surface area contributed by atoms with Crippen LogP contribution >= 0.6 is 0 Å². The number of aryl methyl sites for hydroxylation is 1. The maximum Gasteiger partial charge on any atom is 0.306 e. The lowest BCUT2D eigenvalue weighted by Crippen LogP contribution is -2.15. The lowest BCUT2D eigenvalue weighted by molar-refractivity contribution is -0.149. The second kappa shape index (κ2) is 13.5. The molecule has 1 aromatic rings. The highest BCUT2D eigenvalue weighted by Crippen LogP contribution is 2.09. The Bertz CT molecular complexity index is 484. The van der Waals surface area contributed by atoms with Crippen molar-refractivity contribution in [2.24, 2.45) is 0 Å². The molecule has 25 heavy (non-hydrogen) atoms. The maximum atomic E-state index is 11.7. The smallest absolute Gasteiger partial charge is 0.306 e. The van der Waals surface area contributed by atoms with E-state index in [0.29, 0.717) is 13.0 Å². The van der Waals surface area contributed by atoms with E-state index in [2.05, 4.69) is 19.1 Å². The third-order valence-electron chi connectivity index (χ3n) is 4.02. The molecule has 0 saturated carbocycles. The summed E-state index contributed by atoms with van der Waals surface area (Å²) in [5, 5.41) is 0. The SMILES string of the molecule is CCCCCC(C)OC(=O)CCCC(=O)OCCCc1ccccc1. The topological polar surface area (TPSA) is 52.6 Å². The Morgan fingerprint density at radius 3 is 2.40 bits per heavy atom. The summed E-state index contributed by atoms with van der Waals surface area (Å²) in [6.45, 7) is 4.50. The second-order valence-electron chi connectivity index (χ2n) is 6.46. The van der Waals surface area contributed by atoms with Crippen LogP contribution < -0.4 is 0 Å². The van der Waals surface area contributed by atoms with Crippen LogP contribution in [0.4, 0.5) is 0 Å². The fourth-order valence-corrected chi connectivity index (χ4v) is 2.58. The van der Waals surface area contributed by atoms with Gasteiger partial charge in [-0.3, -0.25) is 9.59 Å². The summed E-state index contributed by atoms with van der Waals surface area (Å²) in [5.74, 6) is -0.460. The van der Waals surface area contributed by atoms with Gasteiger partial charge in [0.1, 0.15) is 0 Å². The van der Waals surface area contributed by atoms with Gasteiger partial charge in [0, 0.05) is 12.8 Å². The number of unbranched alkanes of at least 4 members (excludes halogenated alkanes) is 2. The van der Waals surface area contributed by atoms with Gasteiger partial charge in [-0.15, -0.1) is 0 Å². The molecule has 0 radical (unpaired) electrons. The molecule has 0 aliphatic rings. The number of rotatable bonds is 13. The van der Waals surface area contributed by atoms with E-state index in [1.54, 1.807) is 0 Å². The first-order chi connectivity index (χ1) is 12.1. The van der Waals surface area contributed by atoms with Crippen molar-refractivity contribution in [1.29, 1.82) is 0 Å². The monoisotopic (exact) mass is 348 g/mol. The van der Waals surface area contributed by atoms with Gasteiger partial charge in [0.25, 0.3) is 0 Å². The van der Waals surface area contributed by atoms with Crippen molar-refractivity contribution < 1.29 is 19.1 Å². The zero-order valence-corrected chi connectivity index (χ0v) is 15.7. The molecule has 0 aliphatic carbocycles. The van der Waals surface area contributed by atoms with E-state index in [-0.39, 0.29) is 30.9 Å². The quantitative estimate of drug-likeness (QED) is 0.378. The molecule has 0 heterocycles. The second-order valence-corrected chi connectivity index (χ2v) is 6.46. The Labute approximate surface area is 151 Å². The number of carbonyl (C=O) groups excluding carboxylic acids is 2. The normalized spacial score (nSPS) is 11.8. The average molecular weight is 348 g/mol. The highest BCUT2D eigenvalue weighted by Gasteiger charge is 2.11. The minimum absolute atomic E-state index is 0.0380. The number of benzene rings is 1. The van der Waals surface area contributed by atoms with Gasteiger partial charge in [-0.1, -0.05) is 50.1 Å². The van der Waals surface area contributed by atoms with E-state index in [9.17, 15) is 9.59 Å². The number of hydrogen-bond donors (Lipinski definition) is 0. The zero-order valence-electron chi connectivity index (χ0n) is 15.7. The minimum atomic E-state index is -0.239. The van der Waals surface area contributed by atoms with Gasteiger partial charge in [0.15, 0.2) is 0 Å². The van der Waals surface area contributed by atoms with Crippen LogP contribution in [0.2, 0.25) is 0 Å². The molecule has 0 fully saturated rings. The molecule has 1 unspecified atom stereocenters. The molecule has 4 heteroatoms. The van der Waals surface area contributed by atoms with Crippen LogP contribution in [0.5, 0.6) is 0 Å². The van der Waals surface area contributed by atoms with Crippen molar-refractivity contribution in [2.45, 2.75) is 77.7 Å². The molecule has 0 N–H and O–H groups in total. The summed E-state index contributed by atoms with van der Waals surface area (Å²) < 4.78 is 10.5. The molecular formula is C21H32O4. The fourth-order valence-electron chi connectivity index (χ4n) is 2.58. The minimum Gasteiger partial charge on any atom is -0.466 e. The Kier molecular flexibility index (Phi) is 11.4. The molecule has 0 bridgehead atoms. The van der Waals surface area contributed by atoms with E-state index < -0.39 is 0 Å². The summed E-state index contributed by atoms with van der Waals surface area (Å²) in [4.78, 5) is 23.4. The number of hydrogen-bond acceptors (Lipinski definition) is 4. The Balaban J connectivity index is 2.01. The number of carbonyl (C=O) groups is 2. The van der Waals surface area contributed by atoms with E-state index in [0.717, 1.165) is 38.5 Å². The highest BCUT2D eigenvalue weighted by molar-refractivity contribution is 5.72. The molecule has 0 saturated heterocycles. The van der Waals surface area contributed by atoms with Crippen molar-refractivity contribution in [1.82, 2.24) is 0 Å². The van der Waals surface area contributed by atoms with Gasteiger partial charge < -0.3 is 9.47 Å². The van der Waals surface area contributed by atoms with Crippen LogP contribution in [0.25, 0.3) is 0 Å². The molecule has 1 aromatic carbocycles. The zero-order chi connectivity index (χ0) is 18.3. The van der Waals surface area contributed by atoms with E-state index in [1.807, 2.05) is 25.1 Å². The summed E-state index contributed by atoms with van der Waals surface area (Å²) >= 11 is 0. The lowest BCUT2D eigenvalue weighted by Gasteiger charge is -2.12. The van der Waals surface area contributed by atoms with Gasteiger partial charge in [-0.05, 0) is 44.6 Å². The van der Waals surface area contributed by atoms with Crippen molar-refractivity contribution in [3.8, 4) is 0 Å². The molecular weight excluding hydrogens is 316 g/mol. The summed E-state index contributed by atoms with van der Waals surface area (Å²) in [7, 11) is 0. The standard InChI is InChI=1S/C21H32O4/c1-3-4-6-11-18(2)25-21(23)16-9-15-20(22)24-17-10-14-19-12-7-5-8-13-19/h5,7-8,12-13,18H,3-4,6,9-11,14-17H2,1-2H3. The van der Waals surface area contributed by atoms with E-state index >= 15 is 0 Å². The van der Waals surface area contributed by atoms with Gasteiger partial charge >= 0.3 is 11.9 Å². The van der Waals surface area contributed by atoms with Crippen LogP contribution in [-0.4, -0.2) is 24.6 Å². The van der Waals surface area contributed by atoms with Crippen LogP contribution in [0.1, 0.15) is 70.8 Å². The summed E-state index contributed by atoms with van der Waals surface area (Å²) in [6, 6.07) is 10.1. The summed E-state index contributed by atoms with van der Waals surface area (Å²) in [5.41, 5.74) is 1.24. The molecule has 0 spiro atoms. The largest absolute Gasteiger partial charge is 0.466 e. The van der Waals surface area contributed by atoms with Crippen LogP contribution in [0.15, 0.2) is 30.3 Å². The van der Waals surface area contributed by atoms with Crippen molar-refractivity contribution in [3.05, 3.63) is 35.9 Å². The number of esters is 2. The first-order valence-corrected chi connectivity index (χ1v) is 9.50. The van der Waals surface area contributed by atoms with Gasteiger partial charge in [-0.25, -0.2) is 0 Å². The van der Waals surface area contributed by atoms with Gasteiger partial charge in [-0.2, -0.15) is 0 Å². The van der Waals surface area contributed by atoms with E-state index in [4.69, 9.17) is 9.47 Å². The van der Waals surface area contributed by atoms with Crippen LogP contribution in [-0.2, 0) is 25.5 Å². The molecule has 1 rings (SSSR count). The van der Waals surface area contributed by atoms with Crippen molar-refractivity contribution in [2.75, 3.05) is 6.61 Å². The molecule has 0 aromatic heterocycles. The third kappa shape index (κ3) is 11.4. The van der Waals surface area contributed by atoms with Crippen molar-refractivity contribution in [3.63, 3.8) is 0 Å². The average Bonchev–Trinajstić information content (AvgIpc) is 2.60. The predicted molar refractivity (Wildman–Crippen MR) is 99.3 cm³/mol. The van der Waals surface area contributed by atoms with E-state index in [1.165, 1.54) is 5.56 Å². The lowest BCUT2D eigenvalue weighted by atomic mass is 10.1. The van der Waals surface area contributed by atoms with Crippen LogP contribution in [0, 0.1) is 0 Å². The van der Waals surface area contributed by atoms with Gasteiger partial charge in [0.05, 0.1) is 12.7 Å². The molecule has 0 aliphatic heterocycles. The van der Waals surface area contributed by atoms with Gasteiger partial charge in [0.2, 0.25) is 0 Å². The summed E-state index contributed by atoms with van der Waals surface area (Å²) in [6.07, 6.45) is 7.02. The molecule has 0 amide bonds. The van der Waals surface area contributed by atoms with Crippen LogP contribution in [0.3, 0.4) is 0 Å². The Hall–Kier alpha value is -1.84. The van der Waals surface area contributed by atoms with Crippen molar-refractivity contribution >= 4 is 11.9 Å². The highest BCUT2D eigenvalue weighted by atomic mass is 16.5. The Morgan fingerprint density at radius 1 is 0.960 bits per heavy atom. The molecule has 4 nitrogen and oxygen atoms in total. The first-order valence-electron chi connectivity index (χ1n) is 9.50. The molecule has 1 atom stereocenters. The first kappa shape index (κ1) is 21.2.